The van der Waals surface area contributed by atoms with E-state index in [-0.39, 0.29) is 38.0 Å². The highest BCUT2D eigenvalue weighted by Gasteiger charge is 2.19. The van der Waals surface area contributed by atoms with Crippen molar-refractivity contribution in [2.24, 2.45) is 0 Å². The zero-order valence-electron chi connectivity index (χ0n) is 33.0. The zero-order chi connectivity index (χ0) is 38.0. The van der Waals surface area contributed by atoms with E-state index >= 15 is 0 Å². The van der Waals surface area contributed by atoms with Crippen LogP contribution in [-0.2, 0) is 28.6 Å². The lowest BCUT2D eigenvalue weighted by Gasteiger charge is -2.18. The van der Waals surface area contributed by atoms with E-state index in [4.69, 9.17) is 14.2 Å². The summed E-state index contributed by atoms with van der Waals surface area (Å²) in [5.74, 6) is -1.17. The zero-order valence-corrected chi connectivity index (χ0v) is 33.0. The smallest absolute Gasteiger partial charge is 0.310 e. The molecule has 0 aliphatic carbocycles. The van der Waals surface area contributed by atoms with E-state index in [1.54, 1.807) is 6.08 Å². The fourth-order valence-electron chi connectivity index (χ4n) is 4.90. The van der Waals surface area contributed by atoms with E-state index in [9.17, 15) is 14.4 Å². The van der Waals surface area contributed by atoms with E-state index in [1.807, 2.05) is 18.2 Å². The van der Waals surface area contributed by atoms with Gasteiger partial charge in [0.1, 0.15) is 13.2 Å². The Kier molecular flexibility index (Phi) is 37.3. The van der Waals surface area contributed by atoms with Gasteiger partial charge in [-0.25, -0.2) is 0 Å². The minimum atomic E-state index is -0.851. The van der Waals surface area contributed by atoms with Crippen molar-refractivity contribution in [2.75, 3.05) is 13.2 Å². The number of unbranched alkanes of at least 4 members (excludes halogenated alkanes) is 8. The molecule has 0 aromatic carbocycles. The maximum atomic E-state index is 12.5. The van der Waals surface area contributed by atoms with Gasteiger partial charge in [-0.15, -0.1) is 0 Å². The monoisotopic (exact) mass is 721 g/mol. The van der Waals surface area contributed by atoms with E-state index in [0.717, 1.165) is 70.6 Å². The van der Waals surface area contributed by atoms with Gasteiger partial charge in [0, 0.05) is 12.8 Å². The number of hydrogen-bond acceptors (Lipinski definition) is 6. The molecule has 0 rings (SSSR count). The topological polar surface area (TPSA) is 78.9 Å². The standard InChI is InChI=1S/C46H72O6/c1-4-7-10-13-16-19-20-21-22-23-24-25-28-30-33-36-39-45(48)51-42-43(52-46(49)40-37-34-31-27-18-15-12-9-6-3)41-50-44(47)38-35-32-29-26-17-14-11-8-5-2/h7,9-10,12,16,18-19,21-22,24-25,27,30,33-34,37,43H,4-6,8,11,13-15,17,20,23,26,28-29,31-32,35-36,38-42H2,1-3H3/b10-7-,12-9-,19-16-,22-21-,25-24-,27-18-,33-30-,37-34-. The average molecular weight is 721 g/mol. The van der Waals surface area contributed by atoms with Crippen molar-refractivity contribution >= 4 is 17.9 Å². The molecule has 0 aliphatic rings. The highest BCUT2D eigenvalue weighted by Crippen LogP contribution is 2.11. The van der Waals surface area contributed by atoms with Crippen LogP contribution in [0.2, 0.25) is 0 Å². The Morgan fingerprint density at radius 1 is 0.423 bits per heavy atom. The summed E-state index contributed by atoms with van der Waals surface area (Å²) in [6.07, 6.45) is 51.6. The molecule has 52 heavy (non-hydrogen) atoms. The molecule has 6 heteroatoms. The number of esters is 3. The molecule has 0 aliphatic heterocycles. The molecule has 0 saturated heterocycles. The first-order valence-electron chi connectivity index (χ1n) is 20.2. The number of hydrogen-bond donors (Lipinski definition) is 0. The molecule has 6 nitrogen and oxygen atoms in total. The van der Waals surface area contributed by atoms with Crippen LogP contribution in [-0.4, -0.2) is 37.2 Å². The summed E-state index contributed by atoms with van der Waals surface area (Å²) in [4.78, 5) is 37.4. The van der Waals surface area contributed by atoms with Crippen LogP contribution in [0.4, 0.5) is 0 Å². The summed E-state index contributed by atoms with van der Waals surface area (Å²) in [7, 11) is 0. The molecule has 0 aromatic heterocycles. The largest absolute Gasteiger partial charge is 0.462 e. The predicted molar refractivity (Wildman–Crippen MR) is 219 cm³/mol. The minimum Gasteiger partial charge on any atom is -0.462 e. The lowest BCUT2D eigenvalue weighted by atomic mass is 10.1. The Labute approximate surface area is 317 Å². The first-order valence-corrected chi connectivity index (χ1v) is 20.2. The molecule has 0 N–H and O–H groups in total. The van der Waals surface area contributed by atoms with Crippen molar-refractivity contribution < 1.29 is 28.6 Å². The van der Waals surface area contributed by atoms with Gasteiger partial charge in [-0.2, -0.15) is 0 Å². The van der Waals surface area contributed by atoms with Crippen LogP contribution in [0.25, 0.3) is 0 Å². The number of allylic oxidation sites excluding steroid dienone is 15. The average Bonchev–Trinajstić information content (AvgIpc) is 3.14. The minimum absolute atomic E-state index is 0.0878. The summed E-state index contributed by atoms with van der Waals surface area (Å²) in [5, 5.41) is 0. The molecule has 0 amide bonds. The Bertz CT molecular complexity index is 1100. The van der Waals surface area contributed by atoms with Crippen LogP contribution in [0, 0.1) is 0 Å². The van der Waals surface area contributed by atoms with E-state index in [2.05, 4.69) is 93.7 Å². The molecule has 0 spiro atoms. The number of carbonyl (C=O) groups excluding carboxylic acids is 3. The van der Waals surface area contributed by atoms with Crippen molar-refractivity contribution in [3.05, 3.63) is 97.2 Å². The highest BCUT2D eigenvalue weighted by atomic mass is 16.6. The fourth-order valence-corrected chi connectivity index (χ4v) is 4.90. The Balaban J connectivity index is 4.56. The lowest BCUT2D eigenvalue weighted by Crippen LogP contribution is -2.30. The summed E-state index contributed by atoms with van der Waals surface area (Å²) < 4.78 is 16.4. The third kappa shape index (κ3) is 37.6. The summed E-state index contributed by atoms with van der Waals surface area (Å²) in [6, 6.07) is 0. The van der Waals surface area contributed by atoms with Gasteiger partial charge < -0.3 is 14.2 Å². The maximum Gasteiger partial charge on any atom is 0.310 e. The van der Waals surface area contributed by atoms with Gasteiger partial charge in [0.25, 0.3) is 0 Å². The van der Waals surface area contributed by atoms with Gasteiger partial charge in [0.2, 0.25) is 0 Å². The predicted octanol–water partition coefficient (Wildman–Crippen LogP) is 12.7. The molecule has 1 unspecified atom stereocenters. The first kappa shape index (κ1) is 48.3. The lowest BCUT2D eigenvalue weighted by molar-refractivity contribution is -0.166. The quantitative estimate of drug-likeness (QED) is 0.0285. The Morgan fingerprint density at radius 3 is 1.27 bits per heavy atom. The molecule has 0 fully saturated rings. The van der Waals surface area contributed by atoms with Crippen LogP contribution in [0.3, 0.4) is 0 Å². The number of ether oxygens (including phenoxy) is 3. The first-order chi connectivity index (χ1) is 25.5. The van der Waals surface area contributed by atoms with E-state index in [1.165, 1.54) is 38.5 Å². The summed E-state index contributed by atoms with van der Waals surface area (Å²) in [5.41, 5.74) is 0. The molecule has 1 atom stereocenters. The van der Waals surface area contributed by atoms with Gasteiger partial charge in [0.05, 0.1) is 6.42 Å². The molecule has 0 radical (unpaired) electrons. The van der Waals surface area contributed by atoms with Gasteiger partial charge in [-0.3, -0.25) is 14.4 Å². The third-order valence-corrected chi connectivity index (χ3v) is 7.88. The summed E-state index contributed by atoms with van der Waals surface area (Å²) in [6.45, 7) is 6.18. The highest BCUT2D eigenvalue weighted by molar-refractivity contribution is 5.72. The SMILES string of the molecule is CC/C=C\C/C=C\C/C=C\C/C=C\C/C=C\CCC(=O)OCC(COC(=O)CCCCCCCCCCC)OC(=O)C/C=C\C/C=C\C/C=C\CC. The van der Waals surface area contributed by atoms with Gasteiger partial charge >= 0.3 is 17.9 Å². The van der Waals surface area contributed by atoms with Crippen molar-refractivity contribution in [2.45, 2.75) is 162 Å². The second-order valence-electron chi connectivity index (χ2n) is 12.8. The van der Waals surface area contributed by atoms with Crippen LogP contribution < -0.4 is 0 Å². The van der Waals surface area contributed by atoms with E-state index in [0.29, 0.717) is 12.8 Å². The molecular weight excluding hydrogens is 648 g/mol. The van der Waals surface area contributed by atoms with Crippen molar-refractivity contribution in [3.63, 3.8) is 0 Å². The van der Waals surface area contributed by atoms with Crippen LogP contribution in [0.5, 0.6) is 0 Å². The maximum absolute atomic E-state index is 12.5. The molecule has 0 bridgehead atoms. The van der Waals surface area contributed by atoms with Crippen LogP contribution >= 0.6 is 0 Å². The van der Waals surface area contributed by atoms with Crippen LogP contribution in [0.1, 0.15) is 156 Å². The Morgan fingerprint density at radius 2 is 0.808 bits per heavy atom. The second-order valence-corrected chi connectivity index (χ2v) is 12.8. The van der Waals surface area contributed by atoms with Gasteiger partial charge in [0.15, 0.2) is 6.10 Å². The van der Waals surface area contributed by atoms with Gasteiger partial charge in [-0.05, 0) is 64.2 Å². The Hall–Kier alpha value is -3.67. The molecule has 0 aromatic rings. The third-order valence-electron chi connectivity index (χ3n) is 7.88. The van der Waals surface area contributed by atoms with Crippen LogP contribution in [0.15, 0.2) is 97.2 Å². The van der Waals surface area contributed by atoms with Gasteiger partial charge in [-0.1, -0.05) is 169 Å². The van der Waals surface area contributed by atoms with Crippen molar-refractivity contribution in [1.29, 1.82) is 0 Å². The number of rotatable bonds is 34. The fraction of sp³-hybridized carbons (Fsp3) is 0.587. The molecular formula is C46H72O6. The second kappa shape index (κ2) is 40.1. The number of carbonyl (C=O) groups is 3. The molecule has 292 valence electrons. The molecule has 0 heterocycles. The van der Waals surface area contributed by atoms with E-state index < -0.39 is 12.1 Å². The summed E-state index contributed by atoms with van der Waals surface area (Å²) >= 11 is 0. The van der Waals surface area contributed by atoms with Crippen molar-refractivity contribution in [3.8, 4) is 0 Å². The van der Waals surface area contributed by atoms with Crippen molar-refractivity contribution in [1.82, 2.24) is 0 Å². The normalized spacial score (nSPS) is 13.1. The molecule has 0 saturated carbocycles.